The van der Waals surface area contributed by atoms with Gasteiger partial charge >= 0.3 is 0 Å². The summed E-state index contributed by atoms with van der Waals surface area (Å²) in [5, 5.41) is 0. The molecule has 0 aliphatic rings. The summed E-state index contributed by atoms with van der Waals surface area (Å²) < 4.78 is 0. The van der Waals surface area contributed by atoms with Gasteiger partial charge in [0.25, 0.3) is 0 Å². The highest BCUT2D eigenvalue weighted by atomic mass is 32.1. The van der Waals surface area contributed by atoms with E-state index in [-0.39, 0.29) is 19.4 Å². The molecular formula is C2H8N2OS. The Morgan fingerprint density at radius 3 is 2.00 bits per heavy atom. The molecule has 6 heavy (non-hydrogen) atoms. The van der Waals surface area contributed by atoms with E-state index in [0.717, 1.165) is 0 Å². The van der Waals surface area contributed by atoms with Gasteiger partial charge in [-0.25, -0.2) is 5.84 Å². The lowest BCUT2D eigenvalue weighted by Gasteiger charge is -1.80. The molecule has 3 nitrogen and oxygen atoms in total. The molecule has 0 radical (unpaired) electrons. The lowest BCUT2D eigenvalue weighted by atomic mass is 10.8. The largest absolute Gasteiger partial charge is 0.295 e. The molecule has 0 unspecified atom stereocenters. The second-order valence-corrected chi connectivity index (χ2v) is 0.701. The number of hydrazine groups is 1. The molecule has 0 aromatic rings. The molecule has 0 saturated carbocycles. The molecule has 0 aromatic carbocycles. The molecule has 0 aliphatic carbocycles. The molecule has 38 valence electrons. The number of carbonyl (C=O) groups is 1. The topological polar surface area (TPSA) is 55.1 Å². The minimum atomic E-state index is -0.218. The first-order chi connectivity index (χ1) is 2.27. The molecule has 0 saturated heterocycles. The predicted molar refractivity (Wildman–Crippen MR) is 28.4 cm³/mol. The van der Waals surface area contributed by atoms with Gasteiger partial charge in [-0.3, -0.25) is 10.2 Å². The van der Waals surface area contributed by atoms with Gasteiger partial charge in [0, 0.05) is 6.92 Å². The summed E-state index contributed by atoms with van der Waals surface area (Å²) >= 11 is 0. The van der Waals surface area contributed by atoms with Crippen LogP contribution in [0, 0.1) is 0 Å². The van der Waals surface area contributed by atoms with Gasteiger partial charge in [0.05, 0.1) is 0 Å². The van der Waals surface area contributed by atoms with Gasteiger partial charge in [-0.05, 0) is 0 Å². The molecule has 0 aliphatic heterocycles. The van der Waals surface area contributed by atoms with E-state index >= 15 is 0 Å². The SMILES string of the molecule is CC(=O)NN.S. The fourth-order valence-electron chi connectivity index (χ4n) is 0. The molecule has 0 atom stereocenters. The monoisotopic (exact) mass is 108 g/mol. The molecule has 4 heteroatoms. The fourth-order valence-corrected chi connectivity index (χ4v) is 0. The Morgan fingerprint density at radius 2 is 2.00 bits per heavy atom. The first kappa shape index (κ1) is 9.24. The van der Waals surface area contributed by atoms with Gasteiger partial charge in [-0.1, -0.05) is 0 Å². The van der Waals surface area contributed by atoms with E-state index < -0.39 is 0 Å². The molecule has 0 heterocycles. The van der Waals surface area contributed by atoms with Crippen molar-refractivity contribution < 1.29 is 4.79 Å². The zero-order valence-corrected chi connectivity index (χ0v) is 4.49. The standard InChI is InChI=1S/C2H6N2O.H2S/c1-2(5)4-3;/h3H2,1H3,(H,4,5);1H2. The van der Waals surface area contributed by atoms with E-state index in [9.17, 15) is 4.79 Å². The van der Waals surface area contributed by atoms with Crippen LogP contribution in [-0.4, -0.2) is 5.91 Å². The van der Waals surface area contributed by atoms with Crippen molar-refractivity contribution in [1.29, 1.82) is 0 Å². The van der Waals surface area contributed by atoms with E-state index in [1.807, 2.05) is 5.43 Å². The van der Waals surface area contributed by atoms with Crippen molar-refractivity contribution in [1.82, 2.24) is 5.43 Å². The third kappa shape index (κ3) is 9.22. The maximum Gasteiger partial charge on any atom is 0.230 e. The van der Waals surface area contributed by atoms with Crippen molar-refractivity contribution in [3.63, 3.8) is 0 Å². The van der Waals surface area contributed by atoms with Crippen molar-refractivity contribution in [2.75, 3.05) is 0 Å². The smallest absolute Gasteiger partial charge is 0.230 e. The molecule has 0 bridgehead atoms. The molecule has 3 N–H and O–H groups in total. The van der Waals surface area contributed by atoms with Gasteiger partial charge in [-0.15, -0.1) is 0 Å². The quantitative estimate of drug-likeness (QED) is 0.240. The third-order valence-corrected chi connectivity index (χ3v) is 0.203. The van der Waals surface area contributed by atoms with Crippen molar-refractivity contribution in [3.8, 4) is 0 Å². The third-order valence-electron chi connectivity index (χ3n) is 0.203. The van der Waals surface area contributed by atoms with Crippen LogP contribution in [0.3, 0.4) is 0 Å². The normalized spacial score (nSPS) is 5.67. The minimum absolute atomic E-state index is 0. The van der Waals surface area contributed by atoms with E-state index in [1.165, 1.54) is 6.92 Å². The lowest BCUT2D eigenvalue weighted by Crippen LogP contribution is -2.26. The number of rotatable bonds is 0. The predicted octanol–water partition coefficient (Wildman–Crippen LogP) is -0.891. The van der Waals surface area contributed by atoms with Crippen molar-refractivity contribution >= 4 is 19.4 Å². The Hall–Kier alpha value is -0.220. The van der Waals surface area contributed by atoms with Crippen LogP contribution in [0.1, 0.15) is 6.92 Å². The Bertz CT molecular complexity index is 46.8. The van der Waals surface area contributed by atoms with Crippen molar-refractivity contribution in [2.45, 2.75) is 6.92 Å². The zero-order chi connectivity index (χ0) is 4.28. The second kappa shape index (κ2) is 4.78. The van der Waals surface area contributed by atoms with Gasteiger partial charge in [-0.2, -0.15) is 13.5 Å². The summed E-state index contributed by atoms with van der Waals surface area (Å²) in [4.78, 5) is 9.58. The highest BCUT2D eigenvalue weighted by Crippen LogP contribution is 1.41. The van der Waals surface area contributed by atoms with Crippen LogP contribution in [0.4, 0.5) is 0 Å². The van der Waals surface area contributed by atoms with Crippen LogP contribution in [-0.2, 0) is 4.79 Å². The van der Waals surface area contributed by atoms with E-state index in [1.54, 1.807) is 0 Å². The summed E-state index contributed by atoms with van der Waals surface area (Å²) in [6, 6.07) is 0. The van der Waals surface area contributed by atoms with Crippen molar-refractivity contribution in [2.24, 2.45) is 5.84 Å². The van der Waals surface area contributed by atoms with E-state index in [4.69, 9.17) is 0 Å². The zero-order valence-electron chi connectivity index (χ0n) is 3.49. The van der Waals surface area contributed by atoms with Gasteiger partial charge in [0.2, 0.25) is 5.91 Å². The number of carbonyl (C=O) groups excluding carboxylic acids is 1. The summed E-state index contributed by atoms with van der Waals surface area (Å²) in [7, 11) is 0. The van der Waals surface area contributed by atoms with E-state index in [2.05, 4.69) is 5.84 Å². The lowest BCUT2D eigenvalue weighted by molar-refractivity contribution is -0.119. The van der Waals surface area contributed by atoms with Gasteiger partial charge in [0.15, 0.2) is 0 Å². The Kier molecular flexibility index (Phi) is 7.36. The summed E-state index contributed by atoms with van der Waals surface area (Å²) in [5.74, 6) is 4.35. The Balaban J connectivity index is 0. The number of nitrogens with one attached hydrogen (secondary N) is 1. The van der Waals surface area contributed by atoms with Crippen LogP contribution >= 0.6 is 13.5 Å². The van der Waals surface area contributed by atoms with Crippen LogP contribution in [0.25, 0.3) is 0 Å². The van der Waals surface area contributed by atoms with Crippen LogP contribution < -0.4 is 11.3 Å². The molecule has 0 rings (SSSR count). The van der Waals surface area contributed by atoms with Crippen LogP contribution in [0.5, 0.6) is 0 Å². The summed E-state index contributed by atoms with van der Waals surface area (Å²) in [6.07, 6.45) is 0. The molecular weight excluding hydrogens is 100 g/mol. The average molecular weight is 108 g/mol. The number of hydrogen-bond acceptors (Lipinski definition) is 2. The van der Waals surface area contributed by atoms with Crippen LogP contribution in [0.2, 0.25) is 0 Å². The molecule has 0 spiro atoms. The number of hydrogen-bond donors (Lipinski definition) is 2. The number of amides is 1. The minimum Gasteiger partial charge on any atom is -0.295 e. The maximum absolute atomic E-state index is 9.58. The highest BCUT2D eigenvalue weighted by Gasteiger charge is 1.73. The Labute approximate surface area is 43.3 Å². The maximum atomic E-state index is 9.58. The molecule has 1 amide bonds. The first-order valence-corrected chi connectivity index (χ1v) is 1.24. The van der Waals surface area contributed by atoms with E-state index in [0.29, 0.717) is 0 Å². The first-order valence-electron chi connectivity index (χ1n) is 1.24. The summed E-state index contributed by atoms with van der Waals surface area (Å²) in [5.41, 5.74) is 1.89. The van der Waals surface area contributed by atoms with Gasteiger partial charge < -0.3 is 0 Å². The van der Waals surface area contributed by atoms with Crippen LogP contribution in [0.15, 0.2) is 0 Å². The fraction of sp³-hybridized carbons (Fsp3) is 0.500. The highest BCUT2D eigenvalue weighted by molar-refractivity contribution is 7.59. The average Bonchev–Trinajstić information content (AvgIpc) is 1.38. The van der Waals surface area contributed by atoms with Crippen molar-refractivity contribution in [3.05, 3.63) is 0 Å². The summed E-state index contributed by atoms with van der Waals surface area (Å²) in [6.45, 7) is 1.35. The Morgan fingerprint density at radius 1 is 1.83 bits per heavy atom. The van der Waals surface area contributed by atoms with Gasteiger partial charge in [0.1, 0.15) is 0 Å². The molecule has 0 fully saturated rings. The molecule has 0 aromatic heterocycles. The number of nitrogens with two attached hydrogens (primary N) is 1. The second-order valence-electron chi connectivity index (χ2n) is 0.701.